The van der Waals surface area contributed by atoms with Crippen LogP contribution in [0.2, 0.25) is 0 Å². The fraction of sp³-hybridized carbons (Fsp3) is 0. The van der Waals surface area contributed by atoms with Crippen molar-refractivity contribution in [1.82, 2.24) is 0 Å². The van der Waals surface area contributed by atoms with Crippen molar-refractivity contribution in [3.8, 4) is 0 Å². The van der Waals surface area contributed by atoms with Crippen LogP contribution in [-0.4, -0.2) is 41.4 Å². The van der Waals surface area contributed by atoms with Gasteiger partial charge in [0.15, 0.2) is 0 Å². The van der Waals surface area contributed by atoms with Crippen LogP contribution in [0.25, 0.3) is 0 Å². The van der Waals surface area contributed by atoms with Crippen molar-refractivity contribution in [2.24, 2.45) is 0 Å². The normalized spacial score (nSPS) is 0. The number of rotatable bonds is 0. The standard InChI is InChI=1S/2AsH3.H2O.H2S/h2*1H3;2*1H2. The Labute approximate surface area is 54.9 Å². The van der Waals surface area contributed by atoms with E-state index in [1.54, 1.807) is 0 Å². The van der Waals surface area contributed by atoms with Crippen molar-refractivity contribution in [2.75, 3.05) is 0 Å². The molecular formula is H10As2OS. The second-order valence-electron chi connectivity index (χ2n) is 0. The molecule has 0 aromatic heterocycles. The third-order valence-corrected chi connectivity index (χ3v) is 0. The van der Waals surface area contributed by atoms with Gasteiger partial charge in [0.1, 0.15) is 0 Å². The van der Waals surface area contributed by atoms with Crippen molar-refractivity contribution in [2.45, 2.75) is 0 Å². The molecule has 0 spiro atoms. The quantitative estimate of drug-likeness (QED) is 0.378. The zero-order valence-corrected chi connectivity index (χ0v) is 9.35. The van der Waals surface area contributed by atoms with Gasteiger partial charge in [0.2, 0.25) is 0 Å². The maximum absolute atomic E-state index is 0. The average Bonchev–Trinajstić information content (AvgIpc) is 0. The summed E-state index contributed by atoms with van der Waals surface area (Å²) in [6, 6.07) is 0. The van der Waals surface area contributed by atoms with Crippen LogP contribution in [0, 0.1) is 0 Å². The second kappa shape index (κ2) is 25.5. The van der Waals surface area contributed by atoms with Gasteiger partial charge in [0.05, 0.1) is 0 Å². The Morgan fingerprint density at radius 2 is 0.750 bits per heavy atom. The summed E-state index contributed by atoms with van der Waals surface area (Å²) in [5.41, 5.74) is 0. The van der Waals surface area contributed by atoms with E-state index < -0.39 is 0 Å². The summed E-state index contributed by atoms with van der Waals surface area (Å²) in [6.45, 7) is 0. The molecule has 0 fully saturated rings. The van der Waals surface area contributed by atoms with E-state index in [0.29, 0.717) is 0 Å². The third-order valence-electron chi connectivity index (χ3n) is 0. The van der Waals surface area contributed by atoms with Crippen molar-refractivity contribution < 1.29 is 5.48 Å². The van der Waals surface area contributed by atoms with Gasteiger partial charge >= 0.3 is 35.9 Å². The first-order valence-electron chi connectivity index (χ1n) is 0. The van der Waals surface area contributed by atoms with Gasteiger partial charge in [0.25, 0.3) is 0 Å². The van der Waals surface area contributed by atoms with Gasteiger partial charge in [-0.15, -0.1) is 0 Å². The third kappa shape index (κ3) is 9.91. The summed E-state index contributed by atoms with van der Waals surface area (Å²) in [5.74, 6) is 0. The molecule has 0 saturated carbocycles. The van der Waals surface area contributed by atoms with E-state index in [0.717, 1.165) is 0 Å². The summed E-state index contributed by atoms with van der Waals surface area (Å²) in [6.07, 6.45) is 0. The van der Waals surface area contributed by atoms with Crippen LogP contribution in [0.1, 0.15) is 0 Å². The van der Waals surface area contributed by atoms with Crippen LogP contribution < -0.4 is 0 Å². The molecule has 1 nitrogen and oxygen atoms in total. The van der Waals surface area contributed by atoms with E-state index >= 15 is 0 Å². The molecule has 32 valence electrons. The number of hydrogen-bond acceptors (Lipinski definition) is 0. The van der Waals surface area contributed by atoms with Gasteiger partial charge in [-0.2, -0.15) is 13.5 Å². The maximum atomic E-state index is 0. The Kier molecular flexibility index (Phi) is 333. The van der Waals surface area contributed by atoms with Gasteiger partial charge in [-0.1, -0.05) is 0 Å². The summed E-state index contributed by atoms with van der Waals surface area (Å²) < 4.78 is 0. The minimum absolute atomic E-state index is 0. The summed E-state index contributed by atoms with van der Waals surface area (Å²) >= 11 is 0. The fourth-order valence-corrected chi connectivity index (χ4v) is 0. The molecule has 4 heteroatoms. The van der Waals surface area contributed by atoms with Crippen molar-refractivity contribution in [3.63, 3.8) is 0 Å². The van der Waals surface area contributed by atoms with Crippen LogP contribution in [0.3, 0.4) is 0 Å². The molecule has 0 amide bonds. The van der Waals surface area contributed by atoms with Gasteiger partial charge < -0.3 is 5.48 Å². The SMILES string of the molecule is O.S.[AsH3].[AsH3]. The Bertz CT molecular complexity index is 6.00. The molecule has 0 aromatic carbocycles. The molecule has 0 aliphatic heterocycles. The van der Waals surface area contributed by atoms with E-state index in [9.17, 15) is 0 Å². The molecule has 2 atom stereocenters. The van der Waals surface area contributed by atoms with Gasteiger partial charge in [0, 0.05) is 0 Å². The summed E-state index contributed by atoms with van der Waals surface area (Å²) in [7, 11) is 0. The average molecular weight is 208 g/mol. The first-order chi connectivity index (χ1) is 0. The van der Waals surface area contributed by atoms with Crippen LogP contribution in [0.15, 0.2) is 0 Å². The van der Waals surface area contributed by atoms with Crippen LogP contribution in [-0.2, 0) is 0 Å². The van der Waals surface area contributed by atoms with Crippen molar-refractivity contribution in [1.29, 1.82) is 0 Å². The van der Waals surface area contributed by atoms with Gasteiger partial charge in [-0.3, -0.25) is 0 Å². The predicted octanol–water partition coefficient (Wildman–Crippen LogP) is -3.08. The Morgan fingerprint density at radius 3 is 0.750 bits per heavy atom. The topological polar surface area (TPSA) is 31.5 Å². The Hall–Kier alpha value is 1.43. The molecular weight excluding hydrogens is 198 g/mol. The molecule has 0 saturated heterocycles. The molecule has 0 aromatic rings. The minimum atomic E-state index is 0. The van der Waals surface area contributed by atoms with E-state index in [2.05, 4.69) is 0 Å². The molecule has 0 rings (SSSR count). The van der Waals surface area contributed by atoms with E-state index in [1.807, 2.05) is 0 Å². The van der Waals surface area contributed by atoms with Crippen molar-refractivity contribution >= 4 is 49.4 Å². The van der Waals surface area contributed by atoms with Crippen molar-refractivity contribution in [3.05, 3.63) is 0 Å². The molecule has 4 heavy (non-hydrogen) atoms. The zero-order valence-electron chi connectivity index (χ0n) is 2.41. The Morgan fingerprint density at radius 1 is 0.750 bits per heavy atom. The van der Waals surface area contributed by atoms with Gasteiger partial charge in [-0.25, -0.2) is 0 Å². The van der Waals surface area contributed by atoms with Crippen LogP contribution in [0.4, 0.5) is 0 Å². The fourth-order valence-electron chi connectivity index (χ4n) is 0. The number of hydrogen-bond donors (Lipinski definition) is 0. The predicted molar refractivity (Wildman–Crippen MR) is 33.9 cm³/mol. The first kappa shape index (κ1) is 52.2. The molecule has 0 aliphatic rings. The zero-order chi connectivity index (χ0) is 0. The molecule has 0 radical (unpaired) electrons. The first-order valence-corrected chi connectivity index (χ1v) is 0. The van der Waals surface area contributed by atoms with Crippen LogP contribution in [0.5, 0.6) is 0 Å². The van der Waals surface area contributed by atoms with E-state index in [4.69, 9.17) is 0 Å². The molecule has 0 heterocycles. The monoisotopic (exact) mass is 208 g/mol. The summed E-state index contributed by atoms with van der Waals surface area (Å²) in [4.78, 5) is 0. The van der Waals surface area contributed by atoms with E-state index in [-0.39, 0.29) is 54.9 Å². The Balaban J connectivity index is 0. The van der Waals surface area contributed by atoms with Gasteiger partial charge in [-0.05, 0) is 0 Å². The van der Waals surface area contributed by atoms with Crippen LogP contribution >= 0.6 is 13.5 Å². The molecule has 2 N–H and O–H groups in total. The summed E-state index contributed by atoms with van der Waals surface area (Å²) in [5, 5.41) is 0. The molecule has 2 unspecified atom stereocenters. The molecule has 0 aliphatic carbocycles. The van der Waals surface area contributed by atoms with E-state index in [1.165, 1.54) is 0 Å². The second-order valence-corrected chi connectivity index (χ2v) is 0. The molecule has 0 bridgehead atoms.